The van der Waals surface area contributed by atoms with E-state index in [0.717, 1.165) is 81.9 Å². The predicted molar refractivity (Wildman–Crippen MR) is 315 cm³/mol. The zero-order chi connectivity index (χ0) is 54.2. The summed E-state index contributed by atoms with van der Waals surface area (Å²) in [5.74, 6) is -0.234. The number of rotatable bonds is 42. The third kappa shape index (κ3) is 21.8. The first-order valence-electron chi connectivity index (χ1n) is 30.1. The summed E-state index contributed by atoms with van der Waals surface area (Å²) in [6.07, 6.45) is 45.9. The van der Waals surface area contributed by atoms with Gasteiger partial charge in [-0.15, -0.1) is 0 Å². The Hall–Kier alpha value is -5.12. The molecular formula is C65H102N6O4. The van der Waals surface area contributed by atoms with Gasteiger partial charge < -0.3 is 31.2 Å². The van der Waals surface area contributed by atoms with Crippen LogP contribution in [0.5, 0.6) is 0 Å². The Labute approximate surface area is 454 Å². The monoisotopic (exact) mass is 1030 g/mol. The van der Waals surface area contributed by atoms with E-state index >= 15 is 0 Å². The lowest BCUT2D eigenvalue weighted by Crippen LogP contribution is -2.24. The SMILES string of the molecule is C=CC1=C(C)/C(=C/c2[nH]c(Cc3[nH]c(/C=C4\NC(=O)C(C)=C4C=C)c(C)c3CCC(=O)NCCCCCCCCCCCCCCCC)c(CCC(=O)NCCCCCCCCCCCCCCCC)c2C)NC1=O. The fourth-order valence-corrected chi connectivity index (χ4v) is 10.9. The molecule has 0 atom stereocenters. The first-order valence-corrected chi connectivity index (χ1v) is 30.1. The van der Waals surface area contributed by atoms with Gasteiger partial charge in [0.05, 0.1) is 5.70 Å². The standard InChI is InChI=1S/C65H102N6O4/c1-9-13-15-17-19-21-23-25-27-29-31-33-35-37-43-66-62(72)41-39-54-49(6)56(45-58-48(5)53(12-4)65(75)70-58)68-60(54)47-61-55(50(7)57(69-61)46-59-52(11-3)51(8)64(74)71-59)40-42-63(73)67-44-38-36-34-32-30-28-26-24-22-20-18-16-14-10-2/h11-12,45-46,68-69H,3-4,9-10,13-44,47H2,1-2,5-8H3,(H,66,72)(H,67,73)(H,70,75)(H,71,74)/b58-45-,59-46-. The average molecular weight is 1030 g/mol. The molecule has 10 heteroatoms. The van der Waals surface area contributed by atoms with Crippen LogP contribution in [0, 0.1) is 13.8 Å². The fraction of sp³-hybridized carbons (Fsp3) is 0.631. The Kier molecular flexibility index (Phi) is 30.0. The largest absolute Gasteiger partial charge is 0.358 e. The normalized spacial score (nSPS) is 14.7. The molecule has 0 aliphatic carbocycles. The topological polar surface area (TPSA) is 148 Å². The molecule has 2 aromatic heterocycles. The van der Waals surface area contributed by atoms with E-state index in [1.54, 1.807) is 19.1 Å². The number of amides is 4. The lowest BCUT2D eigenvalue weighted by Gasteiger charge is -2.10. The maximum Gasteiger partial charge on any atom is 0.255 e. The molecular weight excluding hydrogens is 929 g/mol. The van der Waals surface area contributed by atoms with Crippen LogP contribution in [0.15, 0.2) is 59.0 Å². The number of hydrogen-bond acceptors (Lipinski definition) is 4. The van der Waals surface area contributed by atoms with Crippen molar-refractivity contribution in [2.45, 2.75) is 253 Å². The van der Waals surface area contributed by atoms with Crippen LogP contribution in [0.25, 0.3) is 12.2 Å². The second kappa shape index (κ2) is 36.0. The van der Waals surface area contributed by atoms with Gasteiger partial charge in [0.1, 0.15) is 0 Å². The van der Waals surface area contributed by atoms with Crippen LogP contribution in [0.4, 0.5) is 0 Å². The highest BCUT2D eigenvalue weighted by molar-refractivity contribution is 6.03. The number of hydrogen-bond donors (Lipinski definition) is 6. The third-order valence-corrected chi connectivity index (χ3v) is 15.8. The van der Waals surface area contributed by atoms with Crippen molar-refractivity contribution >= 4 is 35.8 Å². The summed E-state index contributed by atoms with van der Waals surface area (Å²) in [6, 6.07) is 0. The lowest BCUT2D eigenvalue weighted by molar-refractivity contribution is -0.121. The Morgan fingerprint density at radius 3 is 1.16 bits per heavy atom. The van der Waals surface area contributed by atoms with Gasteiger partial charge in [-0.05, 0) is 93.4 Å². The maximum absolute atomic E-state index is 13.4. The van der Waals surface area contributed by atoms with Crippen molar-refractivity contribution in [1.29, 1.82) is 0 Å². The molecule has 2 aliphatic heterocycles. The van der Waals surface area contributed by atoms with E-state index in [1.807, 2.05) is 19.1 Å². The minimum Gasteiger partial charge on any atom is -0.358 e. The molecule has 4 amide bonds. The number of unbranched alkanes of at least 4 members (excludes halogenated alkanes) is 26. The van der Waals surface area contributed by atoms with Gasteiger partial charge in [-0.1, -0.05) is 206 Å². The van der Waals surface area contributed by atoms with Crippen molar-refractivity contribution in [3.8, 4) is 0 Å². The zero-order valence-corrected chi connectivity index (χ0v) is 48.1. The third-order valence-electron chi connectivity index (χ3n) is 15.8. The molecule has 0 saturated carbocycles. The molecule has 4 heterocycles. The number of aromatic nitrogens is 2. The van der Waals surface area contributed by atoms with Gasteiger partial charge in [-0.2, -0.15) is 0 Å². The molecule has 75 heavy (non-hydrogen) atoms. The van der Waals surface area contributed by atoms with Gasteiger partial charge >= 0.3 is 0 Å². The maximum atomic E-state index is 13.4. The summed E-state index contributed by atoms with van der Waals surface area (Å²) >= 11 is 0. The van der Waals surface area contributed by atoms with E-state index in [1.165, 1.54) is 154 Å². The Morgan fingerprint density at radius 1 is 0.453 bits per heavy atom. The molecule has 0 spiro atoms. The first kappa shape index (κ1) is 62.4. The second-order valence-corrected chi connectivity index (χ2v) is 21.8. The number of carbonyl (C=O) groups excluding carboxylic acids is 4. The Bertz CT molecular complexity index is 2260. The number of nitrogens with one attached hydrogen (secondary N) is 6. The molecule has 416 valence electrons. The Morgan fingerprint density at radius 2 is 0.800 bits per heavy atom. The quantitative estimate of drug-likeness (QED) is 0.0367. The zero-order valence-electron chi connectivity index (χ0n) is 48.1. The molecule has 0 bridgehead atoms. The molecule has 0 radical (unpaired) electrons. The van der Waals surface area contributed by atoms with E-state index in [0.29, 0.717) is 67.7 Å². The highest BCUT2D eigenvalue weighted by atomic mass is 16.2. The summed E-state index contributed by atoms with van der Waals surface area (Å²) < 4.78 is 0. The molecule has 2 aromatic rings. The highest BCUT2D eigenvalue weighted by Gasteiger charge is 2.26. The van der Waals surface area contributed by atoms with Gasteiger partial charge in [0.15, 0.2) is 0 Å². The van der Waals surface area contributed by atoms with Gasteiger partial charge in [0.2, 0.25) is 11.8 Å². The highest BCUT2D eigenvalue weighted by Crippen LogP contribution is 2.32. The number of aromatic amines is 2. The summed E-state index contributed by atoms with van der Waals surface area (Å²) in [5.41, 5.74) is 12.0. The van der Waals surface area contributed by atoms with Crippen molar-refractivity contribution in [2.24, 2.45) is 0 Å². The van der Waals surface area contributed by atoms with Crippen LogP contribution in [0.3, 0.4) is 0 Å². The van der Waals surface area contributed by atoms with Crippen LogP contribution in [0.2, 0.25) is 0 Å². The molecule has 0 fully saturated rings. The second-order valence-electron chi connectivity index (χ2n) is 21.8. The van der Waals surface area contributed by atoms with Crippen molar-refractivity contribution in [1.82, 2.24) is 31.2 Å². The van der Waals surface area contributed by atoms with Gasteiger partial charge in [0, 0.05) is 77.5 Å². The van der Waals surface area contributed by atoms with Crippen molar-refractivity contribution in [3.63, 3.8) is 0 Å². The summed E-state index contributed by atoms with van der Waals surface area (Å²) in [6.45, 7) is 21.6. The van der Waals surface area contributed by atoms with Crippen LogP contribution in [0.1, 0.15) is 265 Å². The van der Waals surface area contributed by atoms with Crippen molar-refractivity contribution < 1.29 is 19.2 Å². The number of H-pyrrole nitrogens is 2. The summed E-state index contributed by atoms with van der Waals surface area (Å²) in [5, 5.41) is 12.4. The molecule has 4 rings (SSSR count). The molecule has 0 unspecified atom stereocenters. The van der Waals surface area contributed by atoms with E-state index in [-0.39, 0.29) is 23.6 Å². The lowest BCUT2D eigenvalue weighted by atomic mass is 9.98. The number of allylic oxidation sites excluding steroid dienone is 2. The average Bonchev–Trinajstić information content (AvgIpc) is 4.05. The smallest absolute Gasteiger partial charge is 0.255 e. The van der Waals surface area contributed by atoms with Gasteiger partial charge in [-0.25, -0.2) is 0 Å². The Balaban J connectivity index is 1.40. The van der Waals surface area contributed by atoms with E-state index in [2.05, 4.69) is 72.1 Å². The van der Waals surface area contributed by atoms with Crippen LogP contribution < -0.4 is 21.3 Å². The minimum atomic E-state index is -0.172. The van der Waals surface area contributed by atoms with Gasteiger partial charge in [0.25, 0.3) is 11.8 Å². The predicted octanol–water partition coefficient (Wildman–Crippen LogP) is 15.6. The van der Waals surface area contributed by atoms with E-state index in [9.17, 15) is 19.2 Å². The van der Waals surface area contributed by atoms with Gasteiger partial charge in [-0.3, -0.25) is 19.2 Å². The van der Waals surface area contributed by atoms with Crippen LogP contribution >= 0.6 is 0 Å². The molecule has 0 saturated heterocycles. The summed E-state index contributed by atoms with van der Waals surface area (Å²) in [4.78, 5) is 59.8. The van der Waals surface area contributed by atoms with E-state index < -0.39 is 0 Å². The summed E-state index contributed by atoms with van der Waals surface area (Å²) in [7, 11) is 0. The first-order chi connectivity index (χ1) is 36.4. The fourth-order valence-electron chi connectivity index (χ4n) is 10.9. The molecule has 2 aliphatic rings. The van der Waals surface area contributed by atoms with E-state index in [4.69, 9.17) is 0 Å². The number of carbonyl (C=O) groups is 4. The molecule has 10 nitrogen and oxygen atoms in total. The molecule has 6 N–H and O–H groups in total. The van der Waals surface area contributed by atoms with Crippen molar-refractivity contribution in [2.75, 3.05) is 13.1 Å². The van der Waals surface area contributed by atoms with Crippen LogP contribution in [-0.4, -0.2) is 46.7 Å². The minimum absolute atomic E-state index is 0.0399. The molecule has 0 aromatic carbocycles. The van der Waals surface area contributed by atoms with Crippen molar-refractivity contribution in [3.05, 3.63) is 104 Å². The van der Waals surface area contributed by atoms with Crippen LogP contribution in [-0.2, 0) is 38.4 Å².